The van der Waals surface area contributed by atoms with Crippen molar-refractivity contribution in [3.63, 3.8) is 0 Å². The largest absolute Gasteiger partial charge is 0.361 e. The minimum Gasteiger partial charge on any atom is -0.361 e. The lowest BCUT2D eigenvalue weighted by molar-refractivity contribution is 1.09. The van der Waals surface area contributed by atoms with Crippen molar-refractivity contribution in [3.05, 3.63) is 36.0 Å². The minimum absolute atomic E-state index is 0.601. The highest BCUT2D eigenvalue weighted by Crippen LogP contribution is 2.28. The Morgan fingerprint density at radius 2 is 2.17 bits per heavy atom. The van der Waals surface area contributed by atoms with E-state index in [0.717, 1.165) is 6.54 Å². The number of H-pyrrole nitrogens is 1. The summed E-state index contributed by atoms with van der Waals surface area (Å²) < 4.78 is 0. The number of benzene rings is 1. The van der Waals surface area contributed by atoms with Crippen LogP contribution in [0.5, 0.6) is 0 Å². The van der Waals surface area contributed by atoms with E-state index in [-0.39, 0.29) is 0 Å². The van der Waals surface area contributed by atoms with Crippen molar-refractivity contribution >= 4 is 10.9 Å². The Labute approximate surface area is 70.6 Å². The van der Waals surface area contributed by atoms with Gasteiger partial charge in [-0.3, -0.25) is 0 Å². The molecule has 0 radical (unpaired) electrons. The molecule has 60 valence electrons. The Morgan fingerprint density at radius 1 is 1.25 bits per heavy atom. The fourth-order valence-corrected chi connectivity index (χ4v) is 1.69. The molecule has 0 amide bonds. The molecule has 2 N–H and O–H groups in total. The number of nitrogens with one attached hydrogen (secondary N) is 2. The molecular formula is C10H10N2. The summed E-state index contributed by atoms with van der Waals surface area (Å²) in [7, 11) is 0. The van der Waals surface area contributed by atoms with E-state index in [1.54, 1.807) is 0 Å². The third kappa shape index (κ3) is 0.786. The SMILES string of the molecule is c1cc([C@H]2CN2)c2cc[nH]c2c1. The molecule has 3 rings (SSSR count). The van der Waals surface area contributed by atoms with E-state index in [1.807, 2.05) is 6.20 Å². The van der Waals surface area contributed by atoms with E-state index in [4.69, 9.17) is 0 Å². The molecule has 0 unspecified atom stereocenters. The highest BCUT2D eigenvalue weighted by Gasteiger charge is 2.23. The lowest BCUT2D eigenvalue weighted by Gasteiger charge is -1.97. The van der Waals surface area contributed by atoms with E-state index < -0.39 is 0 Å². The van der Waals surface area contributed by atoms with Gasteiger partial charge in [0.25, 0.3) is 0 Å². The first-order chi connectivity index (χ1) is 5.95. The van der Waals surface area contributed by atoms with Crippen molar-refractivity contribution < 1.29 is 0 Å². The molecule has 1 saturated heterocycles. The van der Waals surface area contributed by atoms with Gasteiger partial charge in [0.1, 0.15) is 0 Å². The highest BCUT2D eigenvalue weighted by molar-refractivity contribution is 5.83. The molecule has 1 aromatic heterocycles. The van der Waals surface area contributed by atoms with Crippen LogP contribution in [0, 0.1) is 0 Å². The molecule has 0 aliphatic carbocycles. The molecule has 1 fully saturated rings. The van der Waals surface area contributed by atoms with Crippen LogP contribution in [-0.2, 0) is 0 Å². The highest BCUT2D eigenvalue weighted by atomic mass is 15.1. The van der Waals surface area contributed by atoms with Crippen molar-refractivity contribution in [3.8, 4) is 0 Å². The lowest BCUT2D eigenvalue weighted by Crippen LogP contribution is -1.83. The molecule has 1 aliphatic heterocycles. The Bertz CT molecular complexity index is 412. The number of aromatic amines is 1. The molecule has 0 spiro atoms. The van der Waals surface area contributed by atoms with Gasteiger partial charge in [0.15, 0.2) is 0 Å². The van der Waals surface area contributed by atoms with Crippen LogP contribution in [0.3, 0.4) is 0 Å². The first kappa shape index (κ1) is 6.26. The second-order valence-corrected chi connectivity index (χ2v) is 3.25. The normalized spacial score (nSPS) is 21.5. The Kier molecular flexibility index (Phi) is 1.10. The molecule has 0 bridgehead atoms. The summed E-state index contributed by atoms with van der Waals surface area (Å²) in [5.74, 6) is 0. The summed E-state index contributed by atoms with van der Waals surface area (Å²) >= 11 is 0. The number of fused-ring (bicyclic) bond motifs is 1. The molecule has 2 nitrogen and oxygen atoms in total. The summed E-state index contributed by atoms with van der Waals surface area (Å²) in [6.45, 7) is 1.13. The summed E-state index contributed by atoms with van der Waals surface area (Å²) in [4.78, 5) is 3.21. The lowest BCUT2D eigenvalue weighted by atomic mass is 10.1. The Hall–Kier alpha value is -1.28. The van der Waals surface area contributed by atoms with Gasteiger partial charge in [-0.1, -0.05) is 12.1 Å². The summed E-state index contributed by atoms with van der Waals surface area (Å²) in [6.07, 6.45) is 2.00. The maximum atomic E-state index is 3.32. The molecule has 1 aliphatic rings. The quantitative estimate of drug-likeness (QED) is 0.610. The van der Waals surface area contributed by atoms with E-state index in [1.165, 1.54) is 16.5 Å². The number of hydrogen-bond acceptors (Lipinski definition) is 1. The van der Waals surface area contributed by atoms with Crippen LogP contribution in [0.25, 0.3) is 10.9 Å². The average Bonchev–Trinajstić information content (AvgIpc) is 2.82. The van der Waals surface area contributed by atoms with Gasteiger partial charge in [-0.2, -0.15) is 0 Å². The van der Waals surface area contributed by atoms with Gasteiger partial charge >= 0.3 is 0 Å². The average molecular weight is 158 g/mol. The van der Waals surface area contributed by atoms with Crippen LogP contribution < -0.4 is 5.32 Å². The van der Waals surface area contributed by atoms with Crippen LogP contribution in [0.15, 0.2) is 30.5 Å². The van der Waals surface area contributed by atoms with E-state index in [0.29, 0.717) is 6.04 Å². The fraction of sp³-hybridized carbons (Fsp3) is 0.200. The summed E-state index contributed by atoms with van der Waals surface area (Å²) in [5, 5.41) is 4.67. The van der Waals surface area contributed by atoms with Gasteiger partial charge in [0.2, 0.25) is 0 Å². The number of rotatable bonds is 1. The molecule has 1 atom stereocenters. The van der Waals surface area contributed by atoms with E-state index >= 15 is 0 Å². The van der Waals surface area contributed by atoms with Crippen LogP contribution in [-0.4, -0.2) is 11.5 Å². The van der Waals surface area contributed by atoms with Gasteiger partial charge < -0.3 is 10.3 Å². The van der Waals surface area contributed by atoms with Gasteiger partial charge in [0, 0.05) is 29.7 Å². The summed E-state index contributed by atoms with van der Waals surface area (Å²) in [6, 6.07) is 9.16. The maximum Gasteiger partial charge on any atom is 0.0457 e. The molecule has 2 heteroatoms. The fourth-order valence-electron chi connectivity index (χ4n) is 1.69. The second kappa shape index (κ2) is 2.11. The molecule has 2 aromatic rings. The zero-order valence-electron chi connectivity index (χ0n) is 6.67. The molecule has 0 saturated carbocycles. The van der Waals surface area contributed by atoms with Gasteiger partial charge in [-0.05, 0) is 17.7 Å². The van der Waals surface area contributed by atoms with Crippen LogP contribution >= 0.6 is 0 Å². The van der Waals surface area contributed by atoms with Crippen molar-refractivity contribution in [1.82, 2.24) is 10.3 Å². The van der Waals surface area contributed by atoms with Gasteiger partial charge in [-0.15, -0.1) is 0 Å². The second-order valence-electron chi connectivity index (χ2n) is 3.25. The monoisotopic (exact) mass is 158 g/mol. The maximum absolute atomic E-state index is 3.32. The van der Waals surface area contributed by atoms with Crippen molar-refractivity contribution in [2.75, 3.05) is 6.54 Å². The van der Waals surface area contributed by atoms with Gasteiger partial charge in [0.05, 0.1) is 0 Å². The first-order valence-electron chi connectivity index (χ1n) is 4.24. The first-order valence-corrected chi connectivity index (χ1v) is 4.24. The van der Waals surface area contributed by atoms with E-state index in [2.05, 4.69) is 34.6 Å². The molecule has 12 heavy (non-hydrogen) atoms. The topological polar surface area (TPSA) is 37.7 Å². The standard InChI is InChI=1S/C10H10N2/c1-2-7(10-6-12-10)8-4-5-11-9(8)3-1/h1-5,10-12H,6H2/t10-/m1/s1. The van der Waals surface area contributed by atoms with Crippen molar-refractivity contribution in [2.45, 2.75) is 6.04 Å². The van der Waals surface area contributed by atoms with Gasteiger partial charge in [-0.25, -0.2) is 0 Å². The zero-order valence-corrected chi connectivity index (χ0v) is 6.67. The smallest absolute Gasteiger partial charge is 0.0457 e. The Morgan fingerprint density at radius 3 is 3.00 bits per heavy atom. The van der Waals surface area contributed by atoms with Crippen LogP contribution in [0.4, 0.5) is 0 Å². The zero-order chi connectivity index (χ0) is 7.97. The number of hydrogen-bond donors (Lipinski definition) is 2. The van der Waals surface area contributed by atoms with Crippen LogP contribution in [0.1, 0.15) is 11.6 Å². The molecule has 1 aromatic carbocycles. The molecule has 2 heterocycles. The minimum atomic E-state index is 0.601. The predicted molar refractivity (Wildman–Crippen MR) is 49.0 cm³/mol. The van der Waals surface area contributed by atoms with Crippen molar-refractivity contribution in [2.24, 2.45) is 0 Å². The summed E-state index contributed by atoms with van der Waals surface area (Å²) in [5.41, 5.74) is 2.66. The van der Waals surface area contributed by atoms with Crippen molar-refractivity contribution in [1.29, 1.82) is 0 Å². The van der Waals surface area contributed by atoms with Crippen LogP contribution in [0.2, 0.25) is 0 Å². The molecular weight excluding hydrogens is 148 g/mol. The third-order valence-corrected chi connectivity index (χ3v) is 2.41. The van der Waals surface area contributed by atoms with E-state index in [9.17, 15) is 0 Å². The predicted octanol–water partition coefficient (Wildman–Crippen LogP) is 1.81. The number of aromatic nitrogens is 1. The third-order valence-electron chi connectivity index (χ3n) is 2.41. The Balaban J connectivity index is 2.32.